The molecule has 0 amide bonds. The Bertz CT molecular complexity index is 1010. The number of carbonyl (C=O) groups excluding carboxylic acids is 1. The molecule has 0 saturated heterocycles. The second kappa shape index (κ2) is 6.48. The normalized spacial score (nSPS) is 10.4. The molecule has 3 aromatic rings. The van der Waals surface area contributed by atoms with Crippen LogP contribution in [0.2, 0.25) is 0 Å². The van der Waals surface area contributed by atoms with Crippen molar-refractivity contribution in [1.82, 2.24) is 9.78 Å². The van der Waals surface area contributed by atoms with Gasteiger partial charge in [0.25, 0.3) is 11.2 Å². The first-order chi connectivity index (χ1) is 12.0. The van der Waals surface area contributed by atoms with Crippen LogP contribution < -0.4 is 5.56 Å². The number of nitro benzene ring substituents is 1. The van der Waals surface area contributed by atoms with E-state index in [4.69, 9.17) is 0 Å². The molecule has 0 radical (unpaired) electrons. The Balaban J connectivity index is 2.22. The van der Waals surface area contributed by atoms with Gasteiger partial charge in [0.2, 0.25) is 0 Å². The molecule has 0 spiro atoms. The van der Waals surface area contributed by atoms with Crippen LogP contribution in [0.15, 0.2) is 65.5 Å². The van der Waals surface area contributed by atoms with Crippen LogP contribution in [0.5, 0.6) is 0 Å². The molecule has 0 atom stereocenters. The van der Waals surface area contributed by atoms with Gasteiger partial charge in [-0.3, -0.25) is 19.7 Å². The van der Waals surface area contributed by atoms with Crippen LogP contribution in [0, 0.1) is 10.1 Å². The summed E-state index contributed by atoms with van der Waals surface area (Å²) in [6.07, 6.45) is 0. The lowest BCUT2D eigenvalue weighted by molar-refractivity contribution is -0.384. The Morgan fingerprint density at radius 1 is 1.08 bits per heavy atom. The van der Waals surface area contributed by atoms with E-state index in [0.29, 0.717) is 11.3 Å². The predicted molar refractivity (Wildman–Crippen MR) is 91.9 cm³/mol. The Morgan fingerprint density at radius 2 is 1.72 bits per heavy atom. The molecule has 0 saturated carbocycles. The van der Waals surface area contributed by atoms with E-state index in [9.17, 15) is 19.7 Å². The van der Waals surface area contributed by atoms with Gasteiger partial charge in [-0.05, 0) is 35.9 Å². The smallest absolute Gasteiger partial charge is 0.279 e. The molecule has 0 aliphatic carbocycles. The highest BCUT2D eigenvalue weighted by molar-refractivity contribution is 5.93. The van der Waals surface area contributed by atoms with Crippen LogP contribution in [0.1, 0.15) is 17.4 Å². The first kappa shape index (κ1) is 16.3. The van der Waals surface area contributed by atoms with Crippen LogP contribution in [-0.2, 0) is 0 Å². The molecule has 124 valence electrons. The lowest BCUT2D eigenvalue weighted by Gasteiger charge is -2.09. The van der Waals surface area contributed by atoms with Gasteiger partial charge in [-0.2, -0.15) is 9.78 Å². The van der Waals surface area contributed by atoms with Gasteiger partial charge in [0, 0.05) is 19.1 Å². The number of hydrogen-bond donors (Lipinski definition) is 0. The number of nitrogens with zero attached hydrogens (tertiary/aromatic N) is 3. The molecule has 0 fully saturated rings. The average Bonchev–Trinajstić information content (AvgIpc) is 2.62. The number of benzene rings is 2. The zero-order chi connectivity index (χ0) is 18.0. The number of hydrogen-bond acceptors (Lipinski definition) is 5. The van der Waals surface area contributed by atoms with E-state index in [1.807, 2.05) is 0 Å². The summed E-state index contributed by atoms with van der Waals surface area (Å²) in [6.45, 7) is 1.36. The van der Waals surface area contributed by atoms with E-state index < -0.39 is 10.5 Å². The molecule has 1 heterocycles. The molecule has 3 rings (SSSR count). The molecule has 0 N–H and O–H groups in total. The number of ketones is 1. The maximum Gasteiger partial charge on any atom is 0.279 e. The second-order valence-corrected chi connectivity index (χ2v) is 5.36. The van der Waals surface area contributed by atoms with Crippen molar-refractivity contribution in [3.05, 3.63) is 86.8 Å². The summed E-state index contributed by atoms with van der Waals surface area (Å²) in [5.74, 6) is -0.284. The minimum absolute atomic E-state index is 0.0759. The lowest BCUT2D eigenvalue weighted by atomic mass is 10.1. The number of Topliss-reactive ketones (excluding diaryl/α,β-unsaturated/α-hetero) is 1. The van der Waals surface area contributed by atoms with E-state index >= 15 is 0 Å². The maximum atomic E-state index is 12.8. The van der Waals surface area contributed by atoms with Crippen molar-refractivity contribution < 1.29 is 9.72 Å². The van der Waals surface area contributed by atoms with Crippen LogP contribution in [0.4, 0.5) is 5.69 Å². The molecular weight excluding hydrogens is 322 g/mol. The summed E-state index contributed by atoms with van der Waals surface area (Å²) in [5.41, 5.74) is 0.901. The molecule has 1 aromatic heterocycles. The van der Waals surface area contributed by atoms with Crippen LogP contribution in [0.3, 0.4) is 0 Å². The fourth-order valence-electron chi connectivity index (χ4n) is 2.38. The third-order valence-electron chi connectivity index (χ3n) is 3.66. The van der Waals surface area contributed by atoms with Crippen molar-refractivity contribution in [3.8, 4) is 16.8 Å². The van der Waals surface area contributed by atoms with Crippen molar-refractivity contribution in [1.29, 1.82) is 0 Å². The monoisotopic (exact) mass is 335 g/mol. The number of aromatic nitrogens is 2. The Morgan fingerprint density at radius 3 is 2.28 bits per heavy atom. The van der Waals surface area contributed by atoms with Crippen molar-refractivity contribution >= 4 is 11.5 Å². The first-order valence-corrected chi connectivity index (χ1v) is 7.43. The molecule has 7 heteroatoms. The highest BCUT2D eigenvalue weighted by atomic mass is 16.6. The van der Waals surface area contributed by atoms with E-state index in [0.717, 1.165) is 4.68 Å². The van der Waals surface area contributed by atoms with Crippen molar-refractivity contribution in [2.75, 3.05) is 0 Å². The second-order valence-electron chi connectivity index (χ2n) is 5.36. The van der Waals surface area contributed by atoms with Gasteiger partial charge in [0.05, 0.1) is 16.2 Å². The van der Waals surface area contributed by atoms with Crippen molar-refractivity contribution in [2.24, 2.45) is 0 Å². The van der Waals surface area contributed by atoms with Gasteiger partial charge in [0.1, 0.15) is 5.69 Å². The summed E-state index contributed by atoms with van der Waals surface area (Å²) in [4.78, 5) is 34.9. The number of nitro groups is 1. The third-order valence-corrected chi connectivity index (χ3v) is 3.66. The predicted octanol–water partition coefficient (Wildman–Crippen LogP) is 3.01. The molecule has 2 aromatic carbocycles. The largest absolute Gasteiger partial charge is 0.293 e. The summed E-state index contributed by atoms with van der Waals surface area (Å²) in [6, 6.07) is 15.7. The molecular formula is C18H13N3O4. The minimum atomic E-state index is -0.514. The fraction of sp³-hybridized carbons (Fsp3) is 0.0556. The molecule has 0 aliphatic heterocycles. The maximum absolute atomic E-state index is 12.8. The lowest BCUT2D eigenvalue weighted by Crippen LogP contribution is -2.25. The van der Waals surface area contributed by atoms with Crippen molar-refractivity contribution in [3.63, 3.8) is 0 Å². The SMILES string of the molecule is CC(=O)c1cc(-c2ccc([N+](=O)[O-])cc2)c(=O)n(-c2ccccc2)n1. The van der Waals surface area contributed by atoms with Crippen molar-refractivity contribution in [2.45, 2.75) is 6.92 Å². The topological polar surface area (TPSA) is 95.1 Å². The van der Waals surface area contributed by atoms with Gasteiger partial charge < -0.3 is 0 Å². The van der Waals surface area contributed by atoms with Crippen LogP contribution in [0.25, 0.3) is 16.8 Å². The van der Waals surface area contributed by atoms with Gasteiger partial charge in [-0.1, -0.05) is 18.2 Å². The summed E-state index contributed by atoms with van der Waals surface area (Å²) < 4.78 is 1.16. The first-order valence-electron chi connectivity index (χ1n) is 7.43. The van der Waals surface area contributed by atoms with Gasteiger partial charge in [-0.25, -0.2) is 0 Å². The molecule has 0 bridgehead atoms. The van der Waals surface area contributed by atoms with E-state index in [2.05, 4.69) is 5.10 Å². The standard InChI is InChI=1S/C18H13N3O4/c1-12(22)17-11-16(13-7-9-15(10-8-13)21(24)25)18(23)20(19-17)14-5-3-2-4-6-14/h2-11H,1H3. The summed E-state index contributed by atoms with van der Waals surface area (Å²) >= 11 is 0. The Labute approximate surface area is 142 Å². The van der Waals surface area contributed by atoms with E-state index in [-0.39, 0.29) is 22.7 Å². The quantitative estimate of drug-likeness (QED) is 0.415. The number of rotatable bonds is 4. The number of non-ortho nitro benzene ring substituents is 1. The van der Waals surface area contributed by atoms with Crippen LogP contribution in [-0.4, -0.2) is 20.5 Å². The molecule has 25 heavy (non-hydrogen) atoms. The fourth-order valence-corrected chi connectivity index (χ4v) is 2.38. The Hall–Kier alpha value is -3.61. The third kappa shape index (κ3) is 3.20. The zero-order valence-corrected chi connectivity index (χ0v) is 13.2. The summed E-state index contributed by atoms with van der Waals surface area (Å²) in [7, 11) is 0. The molecule has 0 unspecified atom stereocenters. The number of carbonyl (C=O) groups is 1. The van der Waals surface area contributed by atoms with Crippen LogP contribution >= 0.6 is 0 Å². The highest BCUT2D eigenvalue weighted by Crippen LogP contribution is 2.21. The minimum Gasteiger partial charge on any atom is -0.293 e. The number of para-hydroxylation sites is 1. The molecule has 0 aliphatic rings. The van der Waals surface area contributed by atoms with Gasteiger partial charge in [-0.15, -0.1) is 0 Å². The van der Waals surface area contributed by atoms with E-state index in [1.54, 1.807) is 30.3 Å². The average molecular weight is 335 g/mol. The van der Waals surface area contributed by atoms with Gasteiger partial charge >= 0.3 is 0 Å². The summed E-state index contributed by atoms with van der Waals surface area (Å²) in [5, 5.41) is 14.9. The molecule has 7 nitrogen and oxygen atoms in total. The zero-order valence-electron chi connectivity index (χ0n) is 13.2. The van der Waals surface area contributed by atoms with E-state index in [1.165, 1.54) is 37.3 Å². The Kier molecular flexibility index (Phi) is 4.21. The van der Waals surface area contributed by atoms with Gasteiger partial charge in [0.15, 0.2) is 5.78 Å². The highest BCUT2D eigenvalue weighted by Gasteiger charge is 2.15.